The van der Waals surface area contributed by atoms with Crippen molar-refractivity contribution in [3.8, 4) is 5.75 Å². The first-order valence-corrected chi connectivity index (χ1v) is 6.71. The number of aryl methyl sites for hydroxylation is 1. The van der Waals surface area contributed by atoms with Crippen molar-refractivity contribution >= 4 is 22.7 Å². The van der Waals surface area contributed by atoms with Crippen molar-refractivity contribution in [1.29, 1.82) is 0 Å². The van der Waals surface area contributed by atoms with Crippen LogP contribution in [-0.2, 0) is 6.42 Å². The van der Waals surface area contributed by atoms with Crippen molar-refractivity contribution in [2.45, 2.75) is 30.4 Å². The van der Waals surface area contributed by atoms with Gasteiger partial charge >= 0.3 is 0 Å². The van der Waals surface area contributed by atoms with Gasteiger partial charge in [-0.2, -0.15) is 0 Å². The summed E-state index contributed by atoms with van der Waals surface area (Å²) in [4.78, 5) is 6.12. The van der Waals surface area contributed by atoms with Crippen LogP contribution in [0.4, 0.5) is 0 Å². The van der Waals surface area contributed by atoms with Crippen LogP contribution < -0.4 is 4.74 Å². The average Bonchev–Trinajstić information content (AvgIpc) is 2.71. The SMILES string of the molecule is COc1cccc2c3c(c(C)nc12)C[C@H](C)S3. The van der Waals surface area contributed by atoms with Gasteiger partial charge in [-0.1, -0.05) is 19.1 Å². The molecular formula is C14H15NOS. The van der Waals surface area contributed by atoms with E-state index in [1.54, 1.807) is 7.11 Å². The topological polar surface area (TPSA) is 22.1 Å². The lowest BCUT2D eigenvalue weighted by Crippen LogP contribution is -1.97. The van der Waals surface area contributed by atoms with Gasteiger partial charge in [-0.25, -0.2) is 4.98 Å². The molecule has 1 aromatic carbocycles. The van der Waals surface area contributed by atoms with Crippen LogP contribution in [0, 0.1) is 6.92 Å². The van der Waals surface area contributed by atoms with Crippen LogP contribution in [0.1, 0.15) is 18.2 Å². The van der Waals surface area contributed by atoms with Crippen molar-refractivity contribution < 1.29 is 4.74 Å². The van der Waals surface area contributed by atoms with Crippen molar-refractivity contribution in [1.82, 2.24) is 4.98 Å². The highest BCUT2D eigenvalue weighted by Crippen LogP contribution is 2.43. The maximum absolute atomic E-state index is 5.40. The molecule has 0 radical (unpaired) electrons. The van der Waals surface area contributed by atoms with E-state index < -0.39 is 0 Å². The Balaban J connectivity index is 2.37. The van der Waals surface area contributed by atoms with E-state index in [4.69, 9.17) is 9.72 Å². The second-order valence-corrected chi connectivity index (χ2v) is 5.94. The predicted molar refractivity (Wildman–Crippen MR) is 72.1 cm³/mol. The van der Waals surface area contributed by atoms with E-state index in [2.05, 4.69) is 19.9 Å². The zero-order chi connectivity index (χ0) is 12.0. The second kappa shape index (κ2) is 3.91. The minimum Gasteiger partial charge on any atom is -0.494 e. The summed E-state index contributed by atoms with van der Waals surface area (Å²) in [6.07, 6.45) is 1.13. The highest BCUT2D eigenvalue weighted by molar-refractivity contribution is 8.00. The minimum atomic E-state index is 0.655. The molecule has 0 aliphatic carbocycles. The molecule has 0 amide bonds. The van der Waals surface area contributed by atoms with Crippen LogP contribution in [-0.4, -0.2) is 17.3 Å². The number of nitrogens with zero attached hydrogens (tertiary/aromatic N) is 1. The fourth-order valence-electron chi connectivity index (χ4n) is 2.45. The molecule has 17 heavy (non-hydrogen) atoms. The molecule has 0 fully saturated rings. The lowest BCUT2D eigenvalue weighted by Gasteiger charge is -2.10. The lowest BCUT2D eigenvalue weighted by atomic mass is 10.1. The molecule has 2 nitrogen and oxygen atoms in total. The zero-order valence-corrected chi connectivity index (χ0v) is 11.1. The summed E-state index contributed by atoms with van der Waals surface area (Å²) in [6, 6.07) is 6.17. The van der Waals surface area contributed by atoms with Gasteiger partial charge in [0.15, 0.2) is 0 Å². The average molecular weight is 245 g/mol. The molecule has 1 aliphatic rings. The van der Waals surface area contributed by atoms with E-state index in [1.165, 1.54) is 15.8 Å². The first-order chi connectivity index (χ1) is 8.20. The van der Waals surface area contributed by atoms with Gasteiger partial charge in [-0.05, 0) is 25.0 Å². The summed E-state index contributed by atoms with van der Waals surface area (Å²) < 4.78 is 5.40. The monoisotopic (exact) mass is 245 g/mol. The number of pyridine rings is 1. The molecule has 0 N–H and O–H groups in total. The number of rotatable bonds is 1. The number of ether oxygens (including phenoxy) is 1. The van der Waals surface area contributed by atoms with Gasteiger partial charge in [0.1, 0.15) is 11.3 Å². The van der Waals surface area contributed by atoms with Crippen LogP contribution in [0.5, 0.6) is 5.75 Å². The highest BCUT2D eigenvalue weighted by atomic mass is 32.2. The molecule has 3 heteroatoms. The van der Waals surface area contributed by atoms with Crippen LogP contribution >= 0.6 is 11.8 Å². The molecule has 0 bridgehead atoms. The summed E-state index contributed by atoms with van der Waals surface area (Å²) in [5, 5.41) is 1.89. The number of aromatic nitrogens is 1. The van der Waals surface area contributed by atoms with Crippen molar-refractivity contribution in [3.05, 3.63) is 29.5 Å². The van der Waals surface area contributed by atoms with Crippen LogP contribution in [0.2, 0.25) is 0 Å². The fraction of sp³-hybridized carbons (Fsp3) is 0.357. The van der Waals surface area contributed by atoms with E-state index in [-0.39, 0.29) is 0 Å². The van der Waals surface area contributed by atoms with Gasteiger partial charge in [-0.15, -0.1) is 11.8 Å². The number of benzene rings is 1. The largest absolute Gasteiger partial charge is 0.494 e. The molecule has 0 unspecified atom stereocenters. The molecule has 1 atom stereocenters. The van der Waals surface area contributed by atoms with Crippen LogP contribution in [0.25, 0.3) is 10.9 Å². The molecule has 2 aromatic rings. The Kier molecular flexibility index (Phi) is 2.51. The van der Waals surface area contributed by atoms with E-state index in [1.807, 2.05) is 23.9 Å². The second-order valence-electron chi connectivity index (χ2n) is 4.49. The van der Waals surface area contributed by atoms with E-state index >= 15 is 0 Å². The van der Waals surface area contributed by atoms with Gasteiger partial charge in [-0.3, -0.25) is 0 Å². The van der Waals surface area contributed by atoms with Crippen molar-refractivity contribution in [3.63, 3.8) is 0 Å². The summed E-state index contributed by atoms with van der Waals surface area (Å²) >= 11 is 1.96. The highest BCUT2D eigenvalue weighted by Gasteiger charge is 2.24. The Labute approximate surface area is 105 Å². The van der Waals surface area contributed by atoms with Gasteiger partial charge in [0.25, 0.3) is 0 Å². The number of fused-ring (bicyclic) bond motifs is 3. The predicted octanol–water partition coefficient (Wildman–Crippen LogP) is 3.59. The molecule has 0 saturated heterocycles. The molecule has 0 saturated carbocycles. The van der Waals surface area contributed by atoms with E-state index in [0.717, 1.165) is 23.4 Å². The number of hydrogen-bond acceptors (Lipinski definition) is 3. The van der Waals surface area contributed by atoms with Gasteiger partial charge in [0, 0.05) is 21.2 Å². The summed E-state index contributed by atoms with van der Waals surface area (Å²) in [7, 11) is 1.70. The van der Waals surface area contributed by atoms with Crippen LogP contribution in [0.15, 0.2) is 23.1 Å². The lowest BCUT2D eigenvalue weighted by molar-refractivity contribution is 0.418. The van der Waals surface area contributed by atoms with Crippen molar-refractivity contribution in [2.24, 2.45) is 0 Å². The minimum absolute atomic E-state index is 0.655. The molecule has 1 aromatic heterocycles. The summed E-state index contributed by atoms with van der Waals surface area (Å²) in [5.74, 6) is 0.869. The number of methoxy groups -OCH3 is 1. The first kappa shape index (κ1) is 10.9. The van der Waals surface area contributed by atoms with Gasteiger partial charge in [0.05, 0.1) is 7.11 Å². The molecule has 1 aliphatic heterocycles. The number of thioether (sulfide) groups is 1. The van der Waals surface area contributed by atoms with Crippen LogP contribution in [0.3, 0.4) is 0 Å². The summed E-state index contributed by atoms with van der Waals surface area (Å²) in [5.41, 5.74) is 3.56. The van der Waals surface area contributed by atoms with Crippen molar-refractivity contribution in [2.75, 3.05) is 7.11 Å². The quantitative estimate of drug-likeness (QED) is 0.766. The maximum atomic E-state index is 5.40. The van der Waals surface area contributed by atoms with Gasteiger partial charge < -0.3 is 4.74 Å². The Morgan fingerprint density at radius 2 is 2.24 bits per heavy atom. The standard InChI is InChI=1S/C14H15NOS/c1-8-7-11-9(2)15-13-10(14(11)17-8)5-4-6-12(13)16-3/h4-6,8H,7H2,1-3H3/t8-/m0/s1. The Hall–Kier alpha value is -1.22. The Morgan fingerprint density at radius 1 is 1.41 bits per heavy atom. The Bertz CT molecular complexity index is 594. The molecular weight excluding hydrogens is 230 g/mol. The summed E-state index contributed by atoms with van der Waals surface area (Å²) in [6.45, 7) is 4.37. The Morgan fingerprint density at radius 3 is 3.00 bits per heavy atom. The molecule has 88 valence electrons. The number of para-hydroxylation sites is 1. The zero-order valence-electron chi connectivity index (χ0n) is 10.3. The van der Waals surface area contributed by atoms with Gasteiger partial charge in [0.2, 0.25) is 0 Å². The third-order valence-corrected chi connectivity index (χ3v) is 4.54. The molecule has 3 rings (SSSR count). The fourth-order valence-corrected chi connectivity index (χ4v) is 3.77. The molecule has 2 heterocycles. The third kappa shape index (κ3) is 1.61. The first-order valence-electron chi connectivity index (χ1n) is 5.83. The molecule has 0 spiro atoms. The van der Waals surface area contributed by atoms with E-state index in [9.17, 15) is 0 Å². The normalized spacial score (nSPS) is 18.4. The maximum Gasteiger partial charge on any atom is 0.145 e. The smallest absolute Gasteiger partial charge is 0.145 e. The number of hydrogen-bond donors (Lipinski definition) is 0. The third-order valence-electron chi connectivity index (χ3n) is 3.26. The van der Waals surface area contributed by atoms with E-state index in [0.29, 0.717) is 5.25 Å².